The predicted octanol–water partition coefficient (Wildman–Crippen LogP) is 0.627. The fourth-order valence-electron chi connectivity index (χ4n) is 1.07. The van der Waals surface area contributed by atoms with Crippen molar-refractivity contribution in [3.63, 3.8) is 0 Å². The summed E-state index contributed by atoms with van der Waals surface area (Å²) in [6, 6.07) is 0.739. The molecule has 6 heteroatoms. The molecule has 5 nitrogen and oxygen atoms in total. The van der Waals surface area contributed by atoms with Crippen molar-refractivity contribution < 1.29 is 22.8 Å². The molecular weight excluding hydrogens is 204 g/mol. The average molecular weight is 222 g/mol. The summed E-state index contributed by atoms with van der Waals surface area (Å²) in [7, 11) is 0.766. The van der Waals surface area contributed by atoms with Crippen molar-refractivity contribution in [3.05, 3.63) is 0 Å². The number of hydrogen-bond donors (Lipinski definition) is 0. The molecule has 0 saturated carbocycles. The van der Waals surface area contributed by atoms with Crippen LogP contribution in [0.15, 0.2) is 0 Å². The van der Waals surface area contributed by atoms with E-state index in [0.29, 0.717) is 6.61 Å². The average Bonchev–Trinajstić information content (AvgIpc) is 3.03. The second-order valence-corrected chi connectivity index (χ2v) is 6.21. The van der Waals surface area contributed by atoms with Crippen molar-refractivity contribution >= 4 is 8.80 Å². The summed E-state index contributed by atoms with van der Waals surface area (Å²) < 4.78 is 26.2. The lowest BCUT2D eigenvalue weighted by Gasteiger charge is -2.24. The summed E-state index contributed by atoms with van der Waals surface area (Å²) in [6.07, 6.45) is 0.265. The van der Waals surface area contributed by atoms with E-state index in [-0.39, 0.29) is 12.9 Å². The van der Waals surface area contributed by atoms with Crippen LogP contribution < -0.4 is 0 Å². The first kappa shape index (κ1) is 12.1. The van der Waals surface area contributed by atoms with Gasteiger partial charge in [0.15, 0.2) is 0 Å². The summed E-state index contributed by atoms with van der Waals surface area (Å²) in [5.41, 5.74) is 0. The molecule has 0 N–H and O–H groups in total. The Morgan fingerprint density at radius 1 is 1.36 bits per heavy atom. The molecule has 0 aromatic heterocycles. The van der Waals surface area contributed by atoms with Crippen LogP contribution in [0.3, 0.4) is 0 Å². The smallest absolute Gasteiger partial charge is 0.377 e. The highest BCUT2D eigenvalue weighted by molar-refractivity contribution is 6.60. The molecule has 0 aromatic carbocycles. The first-order valence-corrected chi connectivity index (χ1v) is 6.63. The van der Waals surface area contributed by atoms with Crippen LogP contribution in [-0.2, 0) is 22.8 Å². The highest BCUT2D eigenvalue weighted by Gasteiger charge is 2.36. The molecule has 1 rings (SSSR count). The van der Waals surface area contributed by atoms with Gasteiger partial charge in [0.25, 0.3) is 0 Å². The van der Waals surface area contributed by atoms with Gasteiger partial charge in [-0.05, 0) is 0 Å². The Labute approximate surface area is 85.6 Å². The predicted molar refractivity (Wildman–Crippen MR) is 51.9 cm³/mol. The molecule has 0 aromatic rings. The minimum Gasteiger partial charge on any atom is -0.377 e. The van der Waals surface area contributed by atoms with E-state index >= 15 is 0 Å². The Kier molecular flexibility index (Phi) is 5.00. The van der Waals surface area contributed by atoms with E-state index in [1.807, 2.05) is 6.92 Å². The lowest BCUT2D eigenvalue weighted by Crippen LogP contribution is -2.43. The van der Waals surface area contributed by atoms with E-state index in [4.69, 9.17) is 22.8 Å². The molecule has 14 heavy (non-hydrogen) atoms. The van der Waals surface area contributed by atoms with E-state index in [0.717, 1.165) is 12.7 Å². The van der Waals surface area contributed by atoms with E-state index in [1.165, 1.54) is 0 Å². The highest BCUT2D eigenvalue weighted by Crippen LogP contribution is 2.13. The van der Waals surface area contributed by atoms with Gasteiger partial charge < -0.3 is 22.8 Å². The minimum absolute atomic E-state index is 0.210. The summed E-state index contributed by atoms with van der Waals surface area (Å²) >= 11 is 0. The molecule has 0 amide bonds. The summed E-state index contributed by atoms with van der Waals surface area (Å²) in [4.78, 5) is 0. The van der Waals surface area contributed by atoms with Gasteiger partial charge in [-0.15, -0.1) is 0 Å². The van der Waals surface area contributed by atoms with E-state index < -0.39 is 8.80 Å². The van der Waals surface area contributed by atoms with E-state index in [2.05, 4.69) is 0 Å². The second-order valence-electron chi connectivity index (χ2n) is 3.03. The zero-order valence-corrected chi connectivity index (χ0v) is 9.95. The summed E-state index contributed by atoms with van der Waals surface area (Å²) in [5.74, 6) is 0. The van der Waals surface area contributed by atoms with Gasteiger partial charge in [-0.3, -0.25) is 0 Å². The lowest BCUT2D eigenvalue weighted by molar-refractivity contribution is -0.0364. The van der Waals surface area contributed by atoms with Crippen LogP contribution in [0.1, 0.15) is 6.92 Å². The van der Waals surface area contributed by atoms with E-state index in [1.54, 1.807) is 14.2 Å². The van der Waals surface area contributed by atoms with Gasteiger partial charge in [-0.2, -0.15) is 0 Å². The number of ether oxygens (including phenoxy) is 2. The monoisotopic (exact) mass is 222 g/mol. The molecule has 84 valence electrons. The summed E-state index contributed by atoms with van der Waals surface area (Å²) in [5, 5.41) is 0. The van der Waals surface area contributed by atoms with Crippen LogP contribution in [0.25, 0.3) is 0 Å². The zero-order chi connectivity index (χ0) is 10.4. The van der Waals surface area contributed by atoms with Gasteiger partial charge in [-0.1, -0.05) is 6.92 Å². The van der Waals surface area contributed by atoms with Crippen molar-refractivity contribution in [3.8, 4) is 0 Å². The molecule has 1 unspecified atom stereocenters. The third kappa shape index (κ3) is 3.64. The van der Waals surface area contributed by atoms with Gasteiger partial charge in [0.1, 0.15) is 12.9 Å². The summed E-state index contributed by atoms with van der Waals surface area (Å²) in [6.45, 7) is 3.57. The van der Waals surface area contributed by atoms with Crippen LogP contribution in [-0.4, -0.2) is 49.1 Å². The minimum atomic E-state index is -2.43. The molecule has 1 aliphatic rings. The molecule has 1 heterocycles. The third-order valence-electron chi connectivity index (χ3n) is 2.12. The number of rotatable bonds is 8. The molecule has 0 spiro atoms. The first-order chi connectivity index (χ1) is 6.76. The van der Waals surface area contributed by atoms with Crippen LogP contribution in [0.5, 0.6) is 0 Å². The van der Waals surface area contributed by atoms with Crippen LogP contribution in [0.4, 0.5) is 0 Å². The SMILES string of the molecule is CC[Si](OC)(OC)OCOCC1CO1. The Morgan fingerprint density at radius 2 is 2.00 bits per heavy atom. The quantitative estimate of drug-likeness (QED) is 0.261. The normalized spacial score (nSPS) is 21.2. The molecule has 0 bridgehead atoms. The Balaban J connectivity index is 2.11. The van der Waals surface area contributed by atoms with Gasteiger partial charge in [0.2, 0.25) is 0 Å². The van der Waals surface area contributed by atoms with Crippen molar-refractivity contribution in [2.75, 3.05) is 34.2 Å². The maximum Gasteiger partial charge on any atom is 0.501 e. The van der Waals surface area contributed by atoms with Crippen molar-refractivity contribution in [1.82, 2.24) is 0 Å². The van der Waals surface area contributed by atoms with Gasteiger partial charge in [0, 0.05) is 20.3 Å². The van der Waals surface area contributed by atoms with Crippen LogP contribution >= 0.6 is 0 Å². The highest BCUT2D eigenvalue weighted by atomic mass is 28.4. The number of epoxide rings is 1. The van der Waals surface area contributed by atoms with Gasteiger partial charge >= 0.3 is 8.80 Å². The molecule has 1 aliphatic heterocycles. The van der Waals surface area contributed by atoms with E-state index in [9.17, 15) is 0 Å². The molecule has 0 radical (unpaired) electrons. The molecular formula is C8H18O5Si. The fraction of sp³-hybridized carbons (Fsp3) is 1.00. The fourth-order valence-corrected chi connectivity index (χ4v) is 2.51. The maximum atomic E-state index is 5.47. The number of hydrogen-bond acceptors (Lipinski definition) is 5. The third-order valence-corrected chi connectivity index (χ3v) is 4.79. The second kappa shape index (κ2) is 5.79. The Bertz CT molecular complexity index is 150. The standard InChI is InChI=1S/C8H18O5Si/c1-4-14(9-2,10-3)13-7-11-5-8-6-12-8/h8H,4-7H2,1-3H3. The largest absolute Gasteiger partial charge is 0.501 e. The molecule has 0 aliphatic carbocycles. The first-order valence-electron chi connectivity index (χ1n) is 4.70. The van der Waals surface area contributed by atoms with Gasteiger partial charge in [0.05, 0.1) is 13.2 Å². The van der Waals surface area contributed by atoms with Crippen LogP contribution in [0.2, 0.25) is 6.04 Å². The Hall–Kier alpha value is 0.0169. The molecule has 1 saturated heterocycles. The van der Waals surface area contributed by atoms with Gasteiger partial charge in [-0.25, -0.2) is 0 Å². The van der Waals surface area contributed by atoms with Crippen LogP contribution in [0, 0.1) is 0 Å². The molecule has 1 fully saturated rings. The van der Waals surface area contributed by atoms with Crippen molar-refractivity contribution in [1.29, 1.82) is 0 Å². The van der Waals surface area contributed by atoms with Crippen molar-refractivity contribution in [2.24, 2.45) is 0 Å². The Morgan fingerprint density at radius 3 is 2.43 bits per heavy atom. The lowest BCUT2D eigenvalue weighted by atomic mass is 10.5. The molecule has 1 atom stereocenters. The van der Waals surface area contributed by atoms with Crippen molar-refractivity contribution in [2.45, 2.75) is 19.1 Å². The zero-order valence-electron chi connectivity index (χ0n) is 8.95. The topological polar surface area (TPSA) is 49.5 Å². The maximum absolute atomic E-state index is 5.47.